The highest BCUT2D eigenvalue weighted by atomic mass is 16.6. The smallest absolute Gasteiger partial charge is 0.309 e. The third-order valence-corrected chi connectivity index (χ3v) is 3.69. The van der Waals surface area contributed by atoms with Crippen molar-refractivity contribution in [1.29, 1.82) is 0 Å². The third kappa shape index (κ3) is 3.42. The van der Waals surface area contributed by atoms with Crippen molar-refractivity contribution in [3.8, 4) is 0 Å². The number of ether oxygens (including phenoxy) is 1. The number of esters is 1. The molecule has 1 aliphatic heterocycles. The van der Waals surface area contributed by atoms with Gasteiger partial charge in [-0.05, 0) is 31.9 Å². The van der Waals surface area contributed by atoms with Gasteiger partial charge in [-0.15, -0.1) is 0 Å². The Balaban J connectivity index is 2.01. The molecule has 0 aromatic heterocycles. The van der Waals surface area contributed by atoms with Gasteiger partial charge in [-0.3, -0.25) is 14.9 Å². The molecule has 2 N–H and O–H groups in total. The van der Waals surface area contributed by atoms with Gasteiger partial charge in [0.15, 0.2) is 0 Å². The van der Waals surface area contributed by atoms with Crippen LogP contribution >= 0.6 is 0 Å². The van der Waals surface area contributed by atoms with Gasteiger partial charge in [0.2, 0.25) is 0 Å². The molecule has 1 aromatic rings. The molecular weight excluding hydrogens is 274 g/mol. The number of nitrogens with two attached hydrogens (primary N) is 1. The summed E-state index contributed by atoms with van der Waals surface area (Å²) < 4.78 is 5.03. The number of nitrogen functional groups attached to an aromatic ring is 1. The number of carbonyl (C=O) groups is 1. The van der Waals surface area contributed by atoms with E-state index in [2.05, 4.69) is 4.90 Å². The van der Waals surface area contributed by atoms with Crippen molar-refractivity contribution in [3.05, 3.63) is 28.3 Å². The van der Waals surface area contributed by atoms with E-state index in [1.54, 1.807) is 19.1 Å². The maximum atomic E-state index is 11.7. The van der Waals surface area contributed by atoms with Crippen molar-refractivity contribution in [2.24, 2.45) is 5.92 Å². The average Bonchev–Trinajstić information content (AvgIpc) is 2.47. The van der Waals surface area contributed by atoms with Crippen molar-refractivity contribution in [2.75, 3.05) is 30.3 Å². The lowest BCUT2D eigenvalue weighted by molar-refractivity contribution is -0.383. The van der Waals surface area contributed by atoms with Crippen LogP contribution in [0.4, 0.5) is 17.1 Å². The van der Waals surface area contributed by atoms with E-state index in [4.69, 9.17) is 10.5 Å². The van der Waals surface area contributed by atoms with Gasteiger partial charge in [0.05, 0.1) is 17.4 Å². The van der Waals surface area contributed by atoms with Crippen molar-refractivity contribution >= 4 is 23.0 Å². The monoisotopic (exact) mass is 293 g/mol. The fourth-order valence-electron chi connectivity index (χ4n) is 2.54. The number of nitrogens with zero attached hydrogens (tertiary/aromatic N) is 2. The molecule has 2 rings (SSSR count). The van der Waals surface area contributed by atoms with Gasteiger partial charge in [-0.2, -0.15) is 0 Å². The lowest BCUT2D eigenvalue weighted by atomic mass is 9.96. The van der Waals surface area contributed by atoms with Gasteiger partial charge < -0.3 is 15.4 Å². The zero-order valence-electron chi connectivity index (χ0n) is 11.9. The van der Waals surface area contributed by atoms with Gasteiger partial charge in [0.1, 0.15) is 5.69 Å². The lowest BCUT2D eigenvalue weighted by Gasteiger charge is -2.32. The fourth-order valence-corrected chi connectivity index (χ4v) is 2.54. The van der Waals surface area contributed by atoms with E-state index in [-0.39, 0.29) is 23.3 Å². The summed E-state index contributed by atoms with van der Waals surface area (Å²) in [6.45, 7) is 3.62. The van der Waals surface area contributed by atoms with Gasteiger partial charge >= 0.3 is 5.97 Å². The van der Waals surface area contributed by atoms with Crippen LogP contribution in [0.3, 0.4) is 0 Å². The molecule has 0 saturated carbocycles. The predicted molar refractivity (Wildman–Crippen MR) is 79.1 cm³/mol. The summed E-state index contributed by atoms with van der Waals surface area (Å²) in [4.78, 5) is 24.0. The van der Waals surface area contributed by atoms with E-state index in [1.807, 2.05) is 0 Å². The molecule has 0 aliphatic carbocycles. The first-order valence-electron chi connectivity index (χ1n) is 6.98. The van der Waals surface area contributed by atoms with Gasteiger partial charge in [-0.25, -0.2) is 0 Å². The SMILES string of the molecule is CCOC(=O)C1CCN(c2ccc([N+](=O)[O-])c(N)c2)CC1. The van der Waals surface area contributed by atoms with E-state index in [9.17, 15) is 14.9 Å². The number of hydrogen-bond acceptors (Lipinski definition) is 6. The first kappa shape index (κ1) is 15.1. The fraction of sp³-hybridized carbons (Fsp3) is 0.500. The van der Waals surface area contributed by atoms with Crippen LogP contribution in [0.25, 0.3) is 0 Å². The van der Waals surface area contributed by atoms with Crippen LogP contribution in [0.1, 0.15) is 19.8 Å². The zero-order valence-corrected chi connectivity index (χ0v) is 11.9. The molecule has 0 bridgehead atoms. The number of rotatable bonds is 4. The second-order valence-corrected chi connectivity index (χ2v) is 5.01. The van der Waals surface area contributed by atoms with Crippen molar-refractivity contribution in [2.45, 2.75) is 19.8 Å². The minimum absolute atomic E-state index is 0.0587. The van der Waals surface area contributed by atoms with Crippen molar-refractivity contribution in [3.63, 3.8) is 0 Å². The van der Waals surface area contributed by atoms with E-state index in [0.717, 1.165) is 18.5 Å². The van der Waals surface area contributed by atoms with Gasteiger partial charge in [-0.1, -0.05) is 0 Å². The van der Waals surface area contributed by atoms with Crippen LogP contribution in [0.15, 0.2) is 18.2 Å². The second kappa shape index (κ2) is 6.43. The summed E-state index contributed by atoms with van der Waals surface area (Å²) in [5.41, 5.74) is 6.62. The summed E-state index contributed by atoms with van der Waals surface area (Å²) in [6.07, 6.45) is 1.44. The van der Waals surface area contributed by atoms with E-state index >= 15 is 0 Å². The Morgan fingerprint density at radius 1 is 1.48 bits per heavy atom. The van der Waals surface area contributed by atoms with Crippen molar-refractivity contribution in [1.82, 2.24) is 0 Å². The van der Waals surface area contributed by atoms with Crippen LogP contribution in [-0.2, 0) is 9.53 Å². The molecule has 1 heterocycles. The second-order valence-electron chi connectivity index (χ2n) is 5.01. The molecule has 1 aliphatic rings. The molecule has 0 radical (unpaired) electrons. The number of carbonyl (C=O) groups excluding carboxylic acids is 1. The summed E-state index contributed by atoms with van der Waals surface area (Å²) >= 11 is 0. The van der Waals surface area contributed by atoms with Crippen LogP contribution in [0, 0.1) is 16.0 Å². The molecule has 114 valence electrons. The molecule has 1 saturated heterocycles. The summed E-state index contributed by atoms with van der Waals surface area (Å²) in [5.74, 6) is -0.197. The number of nitro groups is 1. The molecule has 1 fully saturated rings. The number of hydrogen-bond donors (Lipinski definition) is 1. The highest BCUT2D eigenvalue weighted by molar-refractivity contribution is 5.73. The molecule has 0 amide bonds. The standard InChI is InChI=1S/C14H19N3O4/c1-2-21-14(18)10-5-7-16(8-6-10)11-3-4-13(17(19)20)12(15)9-11/h3-4,9-10H,2,5-8,15H2,1H3. The van der Waals surface area contributed by atoms with Crippen LogP contribution < -0.4 is 10.6 Å². The Labute approximate surface area is 122 Å². The first-order valence-corrected chi connectivity index (χ1v) is 6.98. The van der Waals surface area contributed by atoms with E-state index < -0.39 is 4.92 Å². The number of benzene rings is 1. The van der Waals surface area contributed by atoms with Gasteiger partial charge in [0, 0.05) is 24.8 Å². The molecule has 7 heteroatoms. The highest BCUT2D eigenvalue weighted by Gasteiger charge is 2.26. The van der Waals surface area contributed by atoms with E-state index in [0.29, 0.717) is 19.7 Å². The minimum atomic E-state index is -0.494. The quantitative estimate of drug-likeness (QED) is 0.394. The maximum Gasteiger partial charge on any atom is 0.309 e. The Morgan fingerprint density at radius 2 is 2.14 bits per heavy atom. The van der Waals surface area contributed by atoms with Crippen LogP contribution in [0.5, 0.6) is 0 Å². The van der Waals surface area contributed by atoms with Crippen LogP contribution in [-0.4, -0.2) is 30.6 Å². The van der Waals surface area contributed by atoms with E-state index in [1.165, 1.54) is 6.07 Å². The Kier molecular flexibility index (Phi) is 4.62. The molecule has 7 nitrogen and oxygen atoms in total. The molecule has 0 atom stereocenters. The topological polar surface area (TPSA) is 98.7 Å². The third-order valence-electron chi connectivity index (χ3n) is 3.69. The molecule has 1 aromatic carbocycles. The Morgan fingerprint density at radius 3 is 2.67 bits per heavy atom. The Bertz CT molecular complexity index is 539. The number of anilines is 2. The average molecular weight is 293 g/mol. The Hall–Kier alpha value is -2.31. The normalized spacial score (nSPS) is 15.8. The number of piperidine rings is 1. The summed E-state index contributed by atoms with van der Waals surface area (Å²) in [7, 11) is 0. The number of nitro benzene ring substituents is 1. The minimum Gasteiger partial charge on any atom is -0.466 e. The first-order chi connectivity index (χ1) is 10.0. The van der Waals surface area contributed by atoms with Gasteiger partial charge in [0.25, 0.3) is 5.69 Å². The largest absolute Gasteiger partial charge is 0.466 e. The maximum absolute atomic E-state index is 11.7. The molecular formula is C14H19N3O4. The predicted octanol–water partition coefficient (Wildman–Crippen LogP) is 1.96. The molecule has 21 heavy (non-hydrogen) atoms. The molecule has 0 unspecified atom stereocenters. The lowest BCUT2D eigenvalue weighted by Crippen LogP contribution is -2.37. The zero-order chi connectivity index (χ0) is 15.4. The highest BCUT2D eigenvalue weighted by Crippen LogP contribution is 2.29. The summed E-state index contributed by atoms with van der Waals surface area (Å²) in [5, 5.41) is 10.7. The molecule has 0 spiro atoms. The van der Waals surface area contributed by atoms with Crippen molar-refractivity contribution < 1.29 is 14.5 Å². The summed E-state index contributed by atoms with van der Waals surface area (Å²) in [6, 6.07) is 4.73. The van der Waals surface area contributed by atoms with Crippen LogP contribution in [0.2, 0.25) is 0 Å².